The monoisotopic (exact) mass is 519 g/mol. The van der Waals surface area contributed by atoms with Gasteiger partial charge in [0, 0.05) is 39.0 Å². The Morgan fingerprint density at radius 2 is 1.83 bits per heavy atom. The number of rotatable bonds is 13. The molecule has 0 amide bonds. The van der Waals surface area contributed by atoms with E-state index in [1.165, 1.54) is 12.8 Å². The van der Waals surface area contributed by atoms with E-state index >= 15 is 0 Å². The van der Waals surface area contributed by atoms with E-state index in [1.807, 2.05) is 6.20 Å². The summed E-state index contributed by atoms with van der Waals surface area (Å²) in [5.41, 5.74) is 1.11. The zero-order chi connectivity index (χ0) is 19.9. The minimum absolute atomic E-state index is 0. The highest BCUT2D eigenvalue weighted by Crippen LogP contribution is 2.17. The molecule has 1 saturated heterocycles. The third kappa shape index (κ3) is 11.0. The Bertz CT molecular complexity index is 551. The van der Waals surface area contributed by atoms with Gasteiger partial charge in [0.1, 0.15) is 5.82 Å². The van der Waals surface area contributed by atoms with E-state index in [4.69, 9.17) is 9.47 Å². The Morgan fingerprint density at radius 1 is 1.07 bits per heavy atom. The minimum atomic E-state index is 0. The van der Waals surface area contributed by atoms with Gasteiger partial charge in [-0.3, -0.25) is 0 Å². The molecule has 0 bridgehead atoms. The van der Waals surface area contributed by atoms with Crippen molar-refractivity contribution in [2.75, 3.05) is 57.5 Å². The number of ether oxygens (including phenoxy) is 2. The summed E-state index contributed by atoms with van der Waals surface area (Å²) in [6.07, 6.45) is 6.74. The normalized spacial score (nSPS) is 14.0. The number of aromatic nitrogens is 1. The maximum atomic E-state index is 5.58. The summed E-state index contributed by atoms with van der Waals surface area (Å²) in [4.78, 5) is 11.6. The zero-order valence-corrected chi connectivity index (χ0v) is 20.3. The van der Waals surface area contributed by atoms with Gasteiger partial charge in [0.25, 0.3) is 0 Å². The molecule has 1 aliphatic rings. The number of nitrogens with zero attached hydrogens (tertiary/aromatic N) is 3. The van der Waals surface area contributed by atoms with E-state index < -0.39 is 0 Å². The third-order valence-electron chi connectivity index (χ3n) is 4.56. The van der Waals surface area contributed by atoms with Crippen molar-refractivity contribution in [3.05, 3.63) is 23.9 Å². The van der Waals surface area contributed by atoms with Crippen LogP contribution in [-0.4, -0.2) is 63.6 Å². The second-order valence-corrected chi connectivity index (χ2v) is 6.92. The molecule has 0 aliphatic carbocycles. The molecule has 2 heterocycles. The van der Waals surface area contributed by atoms with Crippen LogP contribution in [0.5, 0.6) is 0 Å². The Labute approximate surface area is 193 Å². The van der Waals surface area contributed by atoms with Crippen molar-refractivity contribution in [2.24, 2.45) is 4.99 Å². The van der Waals surface area contributed by atoms with E-state index in [1.54, 1.807) is 0 Å². The molecule has 1 aromatic heterocycles. The van der Waals surface area contributed by atoms with Gasteiger partial charge in [-0.2, -0.15) is 0 Å². The summed E-state index contributed by atoms with van der Waals surface area (Å²) in [5, 5.41) is 6.57. The van der Waals surface area contributed by atoms with Crippen LogP contribution in [0.2, 0.25) is 0 Å². The molecular formula is C21H38IN5O2. The molecule has 0 spiro atoms. The van der Waals surface area contributed by atoms with Crippen molar-refractivity contribution in [1.29, 1.82) is 0 Å². The van der Waals surface area contributed by atoms with E-state index in [2.05, 4.69) is 51.5 Å². The van der Waals surface area contributed by atoms with E-state index in [0.717, 1.165) is 56.4 Å². The molecule has 2 N–H and O–H groups in total. The summed E-state index contributed by atoms with van der Waals surface area (Å²) in [6.45, 7) is 11.4. The smallest absolute Gasteiger partial charge is 0.191 e. The molecule has 0 radical (unpaired) electrons. The summed E-state index contributed by atoms with van der Waals surface area (Å²) in [5.74, 6) is 1.87. The lowest BCUT2D eigenvalue weighted by Gasteiger charge is -2.16. The number of anilines is 1. The number of guanidine groups is 1. The van der Waals surface area contributed by atoms with Crippen LogP contribution in [0, 0.1) is 0 Å². The predicted molar refractivity (Wildman–Crippen MR) is 130 cm³/mol. The third-order valence-corrected chi connectivity index (χ3v) is 4.56. The average Bonchev–Trinajstić information content (AvgIpc) is 3.26. The summed E-state index contributed by atoms with van der Waals surface area (Å²) in [6, 6.07) is 4.22. The molecule has 0 saturated carbocycles. The topological polar surface area (TPSA) is 71.0 Å². The van der Waals surface area contributed by atoms with Crippen LogP contribution in [-0.2, 0) is 16.0 Å². The second-order valence-electron chi connectivity index (χ2n) is 6.92. The number of nitrogens with one attached hydrogen (secondary N) is 2. The number of unbranched alkanes of at least 4 members (excludes halogenated alkanes) is 1. The minimum Gasteiger partial charge on any atom is -0.379 e. The number of halogens is 1. The number of pyridine rings is 1. The van der Waals surface area contributed by atoms with Crippen LogP contribution >= 0.6 is 24.0 Å². The van der Waals surface area contributed by atoms with Gasteiger partial charge in [-0.25, -0.2) is 9.98 Å². The molecule has 1 aromatic rings. The molecule has 0 unspecified atom stereocenters. The van der Waals surface area contributed by atoms with Gasteiger partial charge in [0.15, 0.2) is 5.96 Å². The molecule has 0 aromatic carbocycles. The maximum Gasteiger partial charge on any atom is 0.191 e. The van der Waals surface area contributed by atoms with Gasteiger partial charge < -0.3 is 25.0 Å². The molecule has 166 valence electrons. The van der Waals surface area contributed by atoms with Gasteiger partial charge in [-0.15, -0.1) is 24.0 Å². The van der Waals surface area contributed by atoms with Gasteiger partial charge in [0.05, 0.1) is 26.4 Å². The predicted octanol–water partition coefficient (Wildman–Crippen LogP) is 3.19. The lowest BCUT2D eigenvalue weighted by atomic mass is 10.3. The van der Waals surface area contributed by atoms with Crippen molar-refractivity contribution in [2.45, 2.75) is 46.1 Å². The van der Waals surface area contributed by atoms with Crippen molar-refractivity contribution >= 4 is 35.8 Å². The van der Waals surface area contributed by atoms with Crippen LogP contribution in [0.1, 0.15) is 45.1 Å². The fourth-order valence-corrected chi connectivity index (χ4v) is 2.97. The van der Waals surface area contributed by atoms with Crippen LogP contribution in [0.4, 0.5) is 5.82 Å². The summed E-state index contributed by atoms with van der Waals surface area (Å²) >= 11 is 0. The second kappa shape index (κ2) is 16.6. The Morgan fingerprint density at radius 3 is 2.48 bits per heavy atom. The first-order valence-electron chi connectivity index (χ1n) is 10.7. The molecule has 2 rings (SSSR count). The van der Waals surface area contributed by atoms with Gasteiger partial charge in [0.2, 0.25) is 0 Å². The van der Waals surface area contributed by atoms with E-state index in [9.17, 15) is 0 Å². The standard InChI is InChI=1S/C21H37N5O2.HI/c1-3-5-13-27-15-16-28-14-10-23-21(22-4-2)25-18-19-8-9-20(24-17-19)26-11-6-7-12-26;/h8-9,17H,3-7,10-16,18H2,1-2H3,(H2,22,23,25);1H. The molecule has 0 atom stereocenters. The van der Waals surface area contributed by atoms with Gasteiger partial charge in [-0.1, -0.05) is 19.4 Å². The fraction of sp³-hybridized carbons (Fsp3) is 0.714. The first-order chi connectivity index (χ1) is 13.8. The number of hydrogen-bond acceptors (Lipinski definition) is 5. The van der Waals surface area contributed by atoms with Crippen LogP contribution in [0.25, 0.3) is 0 Å². The summed E-state index contributed by atoms with van der Waals surface area (Å²) in [7, 11) is 0. The zero-order valence-electron chi connectivity index (χ0n) is 18.0. The van der Waals surface area contributed by atoms with Gasteiger partial charge >= 0.3 is 0 Å². The number of hydrogen-bond donors (Lipinski definition) is 2. The van der Waals surface area contributed by atoms with Crippen LogP contribution < -0.4 is 15.5 Å². The molecule has 7 nitrogen and oxygen atoms in total. The molecule has 1 aliphatic heterocycles. The molecule has 8 heteroatoms. The maximum absolute atomic E-state index is 5.58. The quantitative estimate of drug-likeness (QED) is 0.181. The highest BCUT2D eigenvalue weighted by molar-refractivity contribution is 14.0. The summed E-state index contributed by atoms with van der Waals surface area (Å²) < 4.78 is 11.1. The van der Waals surface area contributed by atoms with Crippen LogP contribution in [0.15, 0.2) is 23.3 Å². The lowest BCUT2D eigenvalue weighted by Crippen LogP contribution is -2.39. The fourth-order valence-electron chi connectivity index (χ4n) is 2.97. The van der Waals surface area contributed by atoms with Crippen molar-refractivity contribution in [3.8, 4) is 0 Å². The Kier molecular flexibility index (Phi) is 14.9. The van der Waals surface area contributed by atoms with Crippen molar-refractivity contribution in [3.63, 3.8) is 0 Å². The first kappa shape index (κ1) is 25.9. The Balaban J connectivity index is 0.00000420. The molecular weight excluding hydrogens is 481 g/mol. The Hall–Kier alpha value is -1.13. The molecule has 29 heavy (non-hydrogen) atoms. The van der Waals surface area contributed by atoms with E-state index in [0.29, 0.717) is 32.9 Å². The highest BCUT2D eigenvalue weighted by atomic mass is 127. The van der Waals surface area contributed by atoms with Crippen LogP contribution in [0.3, 0.4) is 0 Å². The van der Waals surface area contributed by atoms with Crippen molar-refractivity contribution < 1.29 is 9.47 Å². The first-order valence-corrected chi connectivity index (χ1v) is 10.7. The average molecular weight is 519 g/mol. The van der Waals surface area contributed by atoms with Crippen molar-refractivity contribution in [1.82, 2.24) is 15.6 Å². The largest absolute Gasteiger partial charge is 0.379 e. The van der Waals surface area contributed by atoms with E-state index in [-0.39, 0.29) is 24.0 Å². The highest BCUT2D eigenvalue weighted by Gasteiger charge is 2.12. The lowest BCUT2D eigenvalue weighted by molar-refractivity contribution is 0.0487. The van der Waals surface area contributed by atoms with Gasteiger partial charge in [-0.05, 0) is 37.8 Å². The number of aliphatic imine (C=N–C) groups is 1. The molecule has 1 fully saturated rings. The SMILES string of the molecule is CCCCOCCOCCNC(=NCc1ccc(N2CCCC2)nc1)NCC.I.